The number of carboxylic acid groups (broad SMARTS) is 1. The van der Waals surface area contributed by atoms with E-state index in [2.05, 4.69) is 29.4 Å². The monoisotopic (exact) mass is 482 g/mol. The molecule has 36 heavy (non-hydrogen) atoms. The average Bonchev–Trinajstić information content (AvgIpc) is 3.31. The van der Waals surface area contributed by atoms with E-state index in [1.807, 2.05) is 72.0 Å². The number of rotatable bonds is 6. The summed E-state index contributed by atoms with van der Waals surface area (Å²) in [6.07, 6.45) is 0.735. The molecule has 184 valence electrons. The summed E-state index contributed by atoms with van der Waals surface area (Å²) in [6, 6.07) is 19.7. The quantitative estimate of drug-likeness (QED) is 0.420. The van der Waals surface area contributed by atoms with Crippen LogP contribution in [-0.2, 0) is 24.3 Å². The minimum atomic E-state index is -0.857. The van der Waals surface area contributed by atoms with E-state index in [9.17, 15) is 14.7 Å². The number of carbonyl (C=O) groups excluding carboxylic acids is 1. The fourth-order valence-electron chi connectivity index (χ4n) is 5.37. The van der Waals surface area contributed by atoms with Gasteiger partial charge < -0.3 is 10.0 Å². The Morgan fingerprint density at radius 3 is 2.58 bits per heavy atom. The molecule has 7 nitrogen and oxygen atoms in total. The van der Waals surface area contributed by atoms with E-state index in [0.717, 1.165) is 46.3 Å². The van der Waals surface area contributed by atoms with E-state index in [0.29, 0.717) is 12.1 Å². The second-order valence-electron chi connectivity index (χ2n) is 9.58. The summed E-state index contributed by atoms with van der Waals surface area (Å²) in [5.41, 5.74) is 7.52. The Morgan fingerprint density at radius 1 is 1.08 bits per heavy atom. The molecule has 1 aliphatic rings. The van der Waals surface area contributed by atoms with Crippen LogP contribution in [0.5, 0.6) is 0 Å². The first-order chi connectivity index (χ1) is 17.4. The van der Waals surface area contributed by atoms with Crippen molar-refractivity contribution in [3.05, 3.63) is 94.0 Å². The van der Waals surface area contributed by atoms with Gasteiger partial charge in [-0.15, -0.1) is 5.10 Å². The van der Waals surface area contributed by atoms with Gasteiger partial charge in [0.2, 0.25) is 0 Å². The van der Waals surface area contributed by atoms with E-state index < -0.39 is 5.97 Å². The van der Waals surface area contributed by atoms with Crippen LogP contribution < -0.4 is 0 Å². The molecule has 1 N–H and O–H groups in total. The molecule has 0 saturated carbocycles. The Bertz CT molecular complexity index is 1440. The van der Waals surface area contributed by atoms with E-state index in [1.54, 1.807) is 0 Å². The molecular weight excluding hydrogens is 452 g/mol. The highest BCUT2D eigenvalue weighted by atomic mass is 16.4. The zero-order chi connectivity index (χ0) is 25.4. The fraction of sp³-hybridized carbons (Fsp3) is 0.310. The molecule has 0 bridgehead atoms. The van der Waals surface area contributed by atoms with Crippen LogP contribution in [0.15, 0.2) is 60.7 Å². The predicted octanol–water partition coefficient (Wildman–Crippen LogP) is 4.95. The fourth-order valence-corrected chi connectivity index (χ4v) is 5.37. The summed E-state index contributed by atoms with van der Waals surface area (Å²) < 4.78 is 1.84. The lowest BCUT2D eigenvalue weighted by Crippen LogP contribution is -2.42. The molecule has 0 fully saturated rings. The van der Waals surface area contributed by atoms with Gasteiger partial charge in [-0.05, 0) is 73.2 Å². The number of fused-ring (bicyclic) bond motifs is 2. The van der Waals surface area contributed by atoms with Crippen molar-refractivity contribution >= 4 is 22.9 Å². The van der Waals surface area contributed by atoms with E-state index in [-0.39, 0.29) is 24.3 Å². The first-order valence-electron chi connectivity index (χ1n) is 12.4. The summed E-state index contributed by atoms with van der Waals surface area (Å²) in [4.78, 5) is 27.1. The van der Waals surface area contributed by atoms with Gasteiger partial charge in [0, 0.05) is 30.6 Å². The molecule has 2 heterocycles. The second-order valence-corrected chi connectivity index (χ2v) is 9.58. The Balaban J connectivity index is 1.52. The molecule has 3 aromatic carbocycles. The van der Waals surface area contributed by atoms with E-state index >= 15 is 0 Å². The number of hydrogen-bond acceptors (Lipinski definition) is 4. The van der Waals surface area contributed by atoms with Crippen molar-refractivity contribution in [2.75, 3.05) is 0 Å². The molecule has 1 aromatic heterocycles. The molecular formula is C29H30N4O3. The number of benzene rings is 3. The van der Waals surface area contributed by atoms with Gasteiger partial charge in [0.15, 0.2) is 0 Å². The largest absolute Gasteiger partial charge is 0.481 e. The van der Waals surface area contributed by atoms with Gasteiger partial charge in [0.05, 0.1) is 11.9 Å². The molecule has 5 rings (SSSR count). The van der Waals surface area contributed by atoms with Crippen molar-refractivity contribution in [3.8, 4) is 0 Å². The van der Waals surface area contributed by atoms with Gasteiger partial charge in [-0.25, -0.2) is 4.68 Å². The molecule has 0 spiro atoms. The van der Waals surface area contributed by atoms with Crippen molar-refractivity contribution < 1.29 is 14.7 Å². The van der Waals surface area contributed by atoms with Gasteiger partial charge in [0.1, 0.15) is 5.52 Å². The summed E-state index contributed by atoms with van der Waals surface area (Å²) >= 11 is 0. The molecule has 0 aliphatic carbocycles. The van der Waals surface area contributed by atoms with Crippen LogP contribution in [0, 0.1) is 6.92 Å². The Hall–Kier alpha value is -4.00. The highest BCUT2D eigenvalue weighted by molar-refractivity contribution is 5.94. The SMILES string of the molecule is CCn1nnc2c(C)c([C@@H](CC(=O)O)c3ccc4c(c3)CN(C(=O)c3ccccc3)[C@H](C)C4)ccc21. The predicted molar refractivity (Wildman–Crippen MR) is 138 cm³/mol. The molecule has 1 amide bonds. The van der Waals surface area contributed by atoms with Crippen LogP contribution in [0.25, 0.3) is 11.0 Å². The number of carbonyl (C=O) groups is 2. The third kappa shape index (κ3) is 4.26. The van der Waals surface area contributed by atoms with Crippen LogP contribution in [0.2, 0.25) is 0 Å². The zero-order valence-corrected chi connectivity index (χ0v) is 20.8. The Kier molecular flexibility index (Phi) is 6.31. The van der Waals surface area contributed by atoms with E-state index in [1.165, 1.54) is 5.56 Å². The average molecular weight is 483 g/mol. The number of aryl methyl sites for hydroxylation is 2. The maximum absolute atomic E-state index is 13.2. The van der Waals surface area contributed by atoms with Crippen LogP contribution in [-0.4, -0.2) is 42.9 Å². The number of amides is 1. The molecule has 2 atom stereocenters. The number of hydrogen-bond donors (Lipinski definition) is 1. The molecule has 1 aliphatic heterocycles. The van der Waals surface area contributed by atoms with Crippen LogP contribution in [0.4, 0.5) is 0 Å². The second kappa shape index (κ2) is 9.57. The van der Waals surface area contributed by atoms with Crippen LogP contribution in [0.3, 0.4) is 0 Å². The lowest BCUT2D eigenvalue weighted by atomic mass is 9.83. The van der Waals surface area contributed by atoms with Crippen molar-refractivity contribution in [2.45, 2.75) is 58.7 Å². The Labute approximate surface area is 210 Å². The lowest BCUT2D eigenvalue weighted by molar-refractivity contribution is -0.137. The Morgan fingerprint density at radius 2 is 1.86 bits per heavy atom. The molecule has 0 radical (unpaired) electrons. The maximum Gasteiger partial charge on any atom is 0.304 e. The van der Waals surface area contributed by atoms with Gasteiger partial charge in [-0.2, -0.15) is 0 Å². The minimum Gasteiger partial charge on any atom is -0.481 e. The molecule has 4 aromatic rings. The van der Waals surface area contributed by atoms with Crippen molar-refractivity contribution in [2.24, 2.45) is 0 Å². The highest BCUT2D eigenvalue weighted by Crippen LogP contribution is 2.36. The molecule has 0 saturated heterocycles. The molecule has 0 unspecified atom stereocenters. The first-order valence-corrected chi connectivity index (χ1v) is 12.4. The van der Waals surface area contributed by atoms with Gasteiger partial charge in [-0.1, -0.05) is 47.7 Å². The van der Waals surface area contributed by atoms with Crippen molar-refractivity contribution in [1.82, 2.24) is 19.9 Å². The number of carboxylic acids is 1. The zero-order valence-electron chi connectivity index (χ0n) is 20.8. The topological polar surface area (TPSA) is 88.3 Å². The van der Waals surface area contributed by atoms with Gasteiger partial charge in [0.25, 0.3) is 5.91 Å². The highest BCUT2D eigenvalue weighted by Gasteiger charge is 2.29. The third-order valence-corrected chi connectivity index (χ3v) is 7.34. The van der Waals surface area contributed by atoms with Crippen molar-refractivity contribution in [3.63, 3.8) is 0 Å². The third-order valence-electron chi connectivity index (χ3n) is 7.34. The lowest BCUT2D eigenvalue weighted by Gasteiger charge is -2.35. The standard InChI is InChI=1S/C29H30N4O3/c1-4-33-26-13-12-24(19(3)28(26)30-31-33)25(16-27(34)35)22-11-10-21-14-18(2)32(17-23(21)15-22)29(36)20-8-6-5-7-9-20/h5-13,15,18,25H,4,14,16-17H2,1-3H3,(H,34,35)/t18-,25+/m1/s1. The van der Waals surface area contributed by atoms with Crippen LogP contribution in [0.1, 0.15) is 64.4 Å². The number of nitrogens with zero attached hydrogens (tertiary/aromatic N) is 4. The van der Waals surface area contributed by atoms with Crippen LogP contribution >= 0.6 is 0 Å². The number of aromatic nitrogens is 3. The van der Waals surface area contributed by atoms with E-state index in [4.69, 9.17) is 0 Å². The summed E-state index contributed by atoms with van der Waals surface area (Å²) in [7, 11) is 0. The smallest absolute Gasteiger partial charge is 0.304 e. The summed E-state index contributed by atoms with van der Waals surface area (Å²) in [6.45, 7) is 7.30. The summed E-state index contributed by atoms with van der Waals surface area (Å²) in [5, 5.41) is 18.4. The number of aliphatic carboxylic acids is 1. The normalized spacial score (nSPS) is 16.1. The van der Waals surface area contributed by atoms with Gasteiger partial charge >= 0.3 is 5.97 Å². The summed E-state index contributed by atoms with van der Waals surface area (Å²) in [5.74, 6) is -1.17. The first kappa shape index (κ1) is 23.7. The van der Waals surface area contributed by atoms with Gasteiger partial charge in [-0.3, -0.25) is 9.59 Å². The van der Waals surface area contributed by atoms with Crippen molar-refractivity contribution in [1.29, 1.82) is 0 Å². The maximum atomic E-state index is 13.2. The molecule has 7 heteroatoms. The minimum absolute atomic E-state index is 0.0153.